The number of likely N-dealkylation sites (tertiary alicyclic amines) is 1. The van der Waals surface area contributed by atoms with Crippen LogP contribution in [0.15, 0.2) is 0 Å². The molecule has 0 bridgehead atoms. The highest BCUT2D eigenvalue weighted by molar-refractivity contribution is 5.76. The molecule has 15 heavy (non-hydrogen) atoms. The van der Waals surface area contributed by atoms with Gasteiger partial charge in [-0.2, -0.15) is 0 Å². The number of nitrogens with one attached hydrogen (secondary N) is 1. The van der Waals surface area contributed by atoms with E-state index in [-0.39, 0.29) is 5.91 Å². The molecule has 0 aromatic rings. The molecule has 0 aromatic heterocycles. The standard InChI is InChI=1S/C12H18N2O/c1-2-3-6-12(15)14-8-10-5-4-7-13-11(10)9-14/h1,10-11,13H,3-9H2. The normalized spacial score (nSPS) is 29.7. The number of hydrogen-bond acceptors (Lipinski definition) is 2. The molecule has 2 aliphatic heterocycles. The molecule has 2 heterocycles. The smallest absolute Gasteiger partial charge is 0.223 e. The molecule has 3 heteroatoms. The number of nitrogens with zero attached hydrogens (tertiary/aromatic N) is 1. The van der Waals surface area contributed by atoms with Gasteiger partial charge in [-0.15, -0.1) is 12.3 Å². The zero-order chi connectivity index (χ0) is 10.7. The molecule has 2 atom stereocenters. The van der Waals surface area contributed by atoms with Gasteiger partial charge in [0.25, 0.3) is 0 Å². The second kappa shape index (κ2) is 4.67. The maximum atomic E-state index is 11.8. The molecule has 0 aliphatic carbocycles. The number of rotatable bonds is 2. The predicted molar refractivity (Wildman–Crippen MR) is 59.2 cm³/mol. The molecule has 0 radical (unpaired) electrons. The predicted octanol–water partition coefficient (Wildman–Crippen LogP) is 0.610. The maximum Gasteiger partial charge on any atom is 0.223 e. The van der Waals surface area contributed by atoms with E-state index in [1.807, 2.05) is 4.90 Å². The fourth-order valence-corrected chi connectivity index (χ4v) is 2.59. The van der Waals surface area contributed by atoms with Crippen LogP contribution in [0.25, 0.3) is 0 Å². The first-order valence-electron chi connectivity index (χ1n) is 5.76. The minimum atomic E-state index is 0.226. The van der Waals surface area contributed by atoms with Gasteiger partial charge in [0, 0.05) is 32.0 Å². The Morgan fingerprint density at radius 1 is 1.53 bits per heavy atom. The highest BCUT2D eigenvalue weighted by atomic mass is 16.2. The fourth-order valence-electron chi connectivity index (χ4n) is 2.59. The van der Waals surface area contributed by atoms with Crippen molar-refractivity contribution in [1.29, 1.82) is 0 Å². The summed E-state index contributed by atoms with van der Waals surface area (Å²) in [5.74, 6) is 3.42. The average molecular weight is 206 g/mol. The summed E-state index contributed by atoms with van der Waals surface area (Å²) in [5, 5.41) is 3.49. The van der Waals surface area contributed by atoms with Gasteiger partial charge in [-0.3, -0.25) is 4.79 Å². The van der Waals surface area contributed by atoms with Gasteiger partial charge < -0.3 is 10.2 Å². The van der Waals surface area contributed by atoms with E-state index in [9.17, 15) is 4.79 Å². The minimum Gasteiger partial charge on any atom is -0.341 e. The highest BCUT2D eigenvalue weighted by Gasteiger charge is 2.35. The van der Waals surface area contributed by atoms with Crippen molar-refractivity contribution >= 4 is 5.91 Å². The van der Waals surface area contributed by atoms with Gasteiger partial charge in [-0.25, -0.2) is 0 Å². The van der Waals surface area contributed by atoms with Crippen LogP contribution in [0.2, 0.25) is 0 Å². The van der Waals surface area contributed by atoms with Crippen molar-refractivity contribution < 1.29 is 4.79 Å². The van der Waals surface area contributed by atoms with Crippen molar-refractivity contribution in [3.05, 3.63) is 0 Å². The number of fused-ring (bicyclic) bond motifs is 1. The van der Waals surface area contributed by atoms with Crippen molar-refractivity contribution in [2.45, 2.75) is 31.7 Å². The van der Waals surface area contributed by atoms with E-state index in [1.54, 1.807) is 0 Å². The molecule has 0 aromatic carbocycles. The second-order valence-corrected chi connectivity index (χ2v) is 4.47. The lowest BCUT2D eigenvalue weighted by molar-refractivity contribution is -0.130. The van der Waals surface area contributed by atoms with E-state index in [1.165, 1.54) is 12.8 Å². The molecule has 0 saturated carbocycles. The Labute approximate surface area is 91.2 Å². The molecule has 1 N–H and O–H groups in total. The molecule has 2 fully saturated rings. The first-order chi connectivity index (χ1) is 7.31. The van der Waals surface area contributed by atoms with E-state index < -0.39 is 0 Å². The van der Waals surface area contributed by atoms with Crippen molar-refractivity contribution in [3.63, 3.8) is 0 Å². The van der Waals surface area contributed by atoms with E-state index >= 15 is 0 Å². The summed E-state index contributed by atoms with van der Waals surface area (Å²) in [6.07, 6.45) is 8.74. The van der Waals surface area contributed by atoms with Crippen LogP contribution in [0, 0.1) is 18.3 Å². The Balaban J connectivity index is 1.86. The largest absolute Gasteiger partial charge is 0.341 e. The lowest BCUT2D eigenvalue weighted by Crippen LogP contribution is -2.41. The SMILES string of the molecule is C#CCCC(=O)N1CC2CCCNC2C1. The average Bonchev–Trinajstić information content (AvgIpc) is 2.69. The van der Waals surface area contributed by atoms with Gasteiger partial charge >= 0.3 is 0 Å². The molecular formula is C12H18N2O. The summed E-state index contributed by atoms with van der Waals surface area (Å²) < 4.78 is 0. The van der Waals surface area contributed by atoms with Crippen LogP contribution in [0.4, 0.5) is 0 Å². The third-order valence-electron chi connectivity index (χ3n) is 3.44. The van der Waals surface area contributed by atoms with Crippen LogP contribution >= 0.6 is 0 Å². The molecule has 82 valence electrons. The topological polar surface area (TPSA) is 32.3 Å². The third kappa shape index (κ3) is 2.32. The van der Waals surface area contributed by atoms with E-state index in [4.69, 9.17) is 6.42 Å². The van der Waals surface area contributed by atoms with Crippen molar-refractivity contribution in [1.82, 2.24) is 10.2 Å². The number of amides is 1. The van der Waals surface area contributed by atoms with E-state index in [0.29, 0.717) is 24.8 Å². The Morgan fingerprint density at radius 2 is 2.40 bits per heavy atom. The number of carbonyl (C=O) groups is 1. The monoisotopic (exact) mass is 206 g/mol. The van der Waals surface area contributed by atoms with Crippen LogP contribution in [-0.4, -0.2) is 36.5 Å². The number of piperidine rings is 1. The van der Waals surface area contributed by atoms with E-state index in [0.717, 1.165) is 19.6 Å². The summed E-state index contributed by atoms with van der Waals surface area (Å²) in [6, 6.07) is 0.536. The summed E-state index contributed by atoms with van der Waals surface area (Å²) in [4.78, 5) is 13.7. The van der Waals surface area contributed by atoms with Crippen molar-refractivity contribution in [2.24, 2.45) is 5.92 Å². The Bertz CT molecular complexity index is 268. The van der Waals surface area contributed by atoms with Gasteiger partial charge in [0.2, 0.25) is 5.91 Å². The van der Waals surface area contributed by atoms with Gasteiger partial charge in [0.15, 0.2) is 0 Å². The Morgan fingerprint density at radius 3 is 3.13 bits per heavy atom. The molecular weight excluding hydrogens is 188 g/mol. The lowest BCUT2D eigenvalue weighted by atomic mass is 9.94. The quantitative estimate of drug-likeness (QED) is 0.671. The van der Waals surface area contributed by atoms with E-state index in [2.05, 4.69) is 11.2 Å². The zero-order valence-corrected chi connectivity index (χ0v) is 9.04. The van der Waals surface area contributed by atoms with Gasteiger partial charge in [-0.05, 0) is 25.3 Å². The maximum absolute atomic E-state index is 11.8. The van der Waals surface area contributed by atoms with Crippen molar-refractivity contribution in [2.75, 3.05) is 19.6 Å². The number of carbonyl (C=O) groups excluding carboxylic acids is 1. The molecule has 2 aliphatic rings. The highest BCUT2D eigenvalue weighted by Crippen LogP contribution is 2.25. The van der Waals surface area contributed by atoms with Crippen LogP contribution in [-0.2, 0) is 4.79 Å². The molecule has 0 spiro atoms. The number of terminal acetylenes is 1. The molecule has 2 saturated heterocycles. The van der Waals surface area contributed by atoms with Gasteiger partial charge in [0.1, 0.15) is 0 Å². The van der Waals surface area contributed by atoms with Gasteiger partial charge in [-0.1, -0.05) is 0 Å². The summed E-state index contributed by atoms with van der Waals surface area (Å²) >= 11 is 0. The second-order valence-electron chi connectivity index (χ2n) is 4.47. The fraction of sp³-hybridized carbons (Fsp3) is 0.750. The van der Waals surface area contributed by atoms with Crippen LogP contribution in [0.3, 0.4) is 0 Å². The van der Waals surface area contributed by atoms with Gasteiger partial charge in [0.05, 0.1) is 0 Å². The lowest BCUT2D eigenvalue weighted by Gasteiger charge is -2.24. The molecule has 2 rings (SSSR count). The first-order valence-corrected chi connectivity index (χ1v) is 5.76. The zero-order valence-electron chi connectivity index (χ0n) is 9.04. The Kier molecular flexibility index (Phi) is 3.27. The van der Waals surface area contributed by atoms with Crippen LogP contribution < -0.4 is 5.32 Å². The molecule has 3 nitrogen and oxygen atoms in total. The molecule has 1 amide bonds. The van der Waals surface area contributed by atoms with Crippen LogP contribution in [0.1, 0.15) is 25.7 Å². The summed E-state index contributed by atoms with van der Waals surface area (Å²) in [7, 11) is 0. The number of hydrogen-bond donors (Lipinski definition) is 1. The Hall–Kier alpha value is -1.01. The minimum absolute atomic E-state index is 0.226. The van der Waals surface area contributed by atoms with Crippen LogP contribution in [0.5, 0.6) is 0 Å². The summed E-state index contributed by atoms with van der Waals surface area (Å²) in [5.41, 5.74) is 0. The third-order valence-corrected chi connectivity index (χ3v) is 3.44. The summed E-state index contributed by atoms with van der Waals surface area (Å²) in [6.45, 7) is 2.92. The molecule has 2 unspecified atom stereocenters. The first kappa shape index (κ1) is 10.5. The van der Waals surface area contributed by atoms with Crippen molar-refractivity contribution in [3.8, 4) is 12.3 Å².